The Morgan fingerprint density at radius 1 is 0.931 bits per heavy atom. The smallest absolute Gasteiger partial charge is 0.135 e. The van der Waals surface area contributed by atoms with Gasteiger partial charge in [-0.3, -0.25) is 4.98 Å². The average molecular weight is 395 g/mol. The second kappa shape index (κ2) is 8.51. The highest BCUT2D eigenvalue weighted by Crippen LogP contribution is 2.22. The van der Waals surface area contributed by atoms with Gasteiger partial charge in [0.05, 0.1) is 6.20 Å². The van der Waals surface area contributed by atoms with Gasteiger partial charge in [0, 0.05) is 47.0 Å². The number of pyridine rings is 1. The van der Waals surface area contributed by atoms with Crippen molar-refractivity contribution in [2.45, 2.75) is 46.8 Å². The normalized spacial score (nSPS) is 19.8. The van der Waals surface area contributed by atoms with E-state index < -0.39 is 0 Å². The van der Waals surface area contributed by atoms with Crippen molar-refractivity contribution in [2.24, 2.45) is 0 Å². The number of aromatic nitrogens is 4. The van der Waals surface area contributed by atoms with E-state index in [1.54, 1.807) is 9.80 Å². The van der Waals surface area contributed by atoms with Gasteiger partial charge in [-0.2, -0.15) is 5.10 Å². The Balaban J connectivity index is 1.41. The van der Waals surface area contributed by atoms with Crippen molar-refractivity contribution in [1.82, 2.24) is 19.3 Å². The summed E-state index contributed by atoms with van der Waals surface area (Å²) >= 11 is 0. The minimum absolute atomic E-state index is 0.353. The van der Waals surface area contributed by atoms with Crippen molar-refractivity contribution >= 4 is 0 Å². The molecule has 6 heteroatoms. The molecule has 29 heavy (non-hydrogen) atoms. The number of hydrogen-bond acceptors (Lipinski definition) is 2. The van der Waals surface area contributed by atoms with Gasteiger partial charge in [-0.05, 0) is 45.9 Å². The van der Waals surface area contributed by atoms with Crippen LogP contribution in [0.1, 0.15) is 42.4 Å². The lowest BCUT2D eigenvalue weighted by atomic mass is 10.2. The van der Waals surface area contributed by atoms with Crippen LogP contribution in [-0.2, 0) is 13.1 Å². The van der Waals surface area contributed by atoms with Crippen LogP contribution >= 0.6 is 0 Å². The molecule has 0 amide bonds. The largest absolute Gasteiger partial charge is 0.322 e. The number of nitrogens with one attached hydrogen (secondary N) is 2. The molecule has 4 rings (SSSR count). The first-order valence-electron chi connectivity index (χ1n) is 10.8. The number of piperazine rings is 1. The molecular weight excluding hydrogens is 360 g/mol. The molecule has 2 N–H and O–H groups in total. The van der Waals surface area contributed by atoms with Crippen LogP contribution in [0.5, 0.6) is 0 Å². The first kappa shape index (κ1) is 19.9. The second-order valence-electron chi connectivity index (χ2n) is 8.67. The van der Waals surface area contributed by atoms with E-state index in [1.165, 1.54) is 54.5 Å². The Bertz CT molecular complexity index is 932. The molecule has 0 saturated carbocycles. The second-order valence-corrected chi connectivity index (χ2v) is 8.67. The number of nitrogens with zero attached hydrogens (tertiary/aromatic N) is 4. The number of aryl methyl sites for hydroxylation is 1. The first-order valence-corrected chi connectivity index (χ1v) is 10.8. The first-order chi connectivity index (χ1) is 14.0. The minimum atomic E-state index is 0.353. The van der Waals surface area contributed by atoms with Gasteiger partial charge in [0.15, 0.2) is 0 Å². The zero-order valence-corrected chi connectivity index (χ0v) is 18.2. The third kappa shape index (κ3) is 4.28. The molecule has 0 unspecified atom stereocenters. The third-order valence-electron chi connectivity index (χ3n) is 6.21. The van der Waals surface area contributed by atoms with Crippen molar-refractivity contribution in [3.05, 3.63) is 65.4 Å². The van der Waals surface area contributed by atoms with E-state index >= 15 is 0 Å². The quantitative estimate of drug-likeness (QED) is 0.648. The molecule has 0 aromatic carbocycles. The van der Waals surface area contributed by atoms with Gasteiger partial charge in [0.1, 0.15) is 45.1 Å². The molecule has 3 aromatic heterocycles. The predicted octanol–water partition coefficient (Wildman–Crippen LogP) is 0.750. The van der Waals surface area contributed by atoms with Gasteiger partial charge < -0.3 is 14.4 Å². The van der Waals surface area contributed by atoms with E-state index in [4.69, 9.17) is 0 Å². The summed E-state index contributed by atoms with van der Waals surface area (Å²) in [5.74, 6) is 1.17. The number of rotatable bonds is 6. The molecule has 0 aliphatic carbocycles. The van der Waals surface area contributed by atoms with Gasteiger partial charge in [0.25, 0.3) is 0 Å². The van der Waals surface area contributed by atoms with Crippen LogP contribution in [0.15, 0.2) is 42.9 Å². The summed E-state index contributed by atoms with van der Waals surface area (Å²) in [6.07, 6.45) is 5.71. The van der Waals surface area contributed by atoms with Crippen molar-refractivity contribution < 1.29 is 9.80 Å². The Labute approximate surface area is 173 Å². The Morgan fingerprint density at radius 3 is 2.24 bits per heavy atom. The fourth-order valence-electron chi connectivity index (χ4n) is 4.61. The summed E-state index contributed by atoms with van der Waals surface area (Å²) < 4.78 is 4.48. The fraction of sp³-hybridized carbons (Fsp3) is 0.478. The third-order valence-corrected chi connectivity index (χ3v) is 6.21. The maximum Gasteiger partial charge on any atom is 0.135 e. The van der Waals surface area contributed by atoms with E-state index in [0.29, 0.717) is 6.04 Å². The molecule has 6 nitrogen and oxygen atoms in total. The molecule has 4 heterocycles. The molecule has 0 spiro atoms. The van der Waals surface area contributed by atoms with E-state index in [1.807, 2.05) is 18.6 Å². The molecule has 0 atom stereocenters. The van der Waals surface area contributed by atoms with Crippen LogP contribution in [0.4, 0.5) is 0 Å². The van der Waals surface area contributed by atoms with Crippen molar-refractivity contribution in [1.29, 1.82) is 0 Å². The highest BCUT2D eigenvalue weighted by atomic mass is 15.3. The van der Waals surface area contributed by atoms with Crippen LogP contribution in [0, 0.1) is 13.8 Å². The molecule has 1 aliphatic heterocycles. The van der Waals surface area contributed by atoms with Gasteiger partial charge in [-0.15, -0.1) is 0 Å². The zero-order valence-electron chi connectivity index (χ0n) is 18.2. The molecule has 154 valence electrons. The van der Waals surface area contributed by atoms with Gasteiger partial charge in [-0.1, -0.05) is 0 Å². The van der Waals surface area contributed by atoms with Crippen LogP contribution < -0.4 is 9.80 Å². The zero-order chi connectivity index (χ0) is 20.4. The minimum Gasteiger partial charge on any atom is -0.322 e. The Kier molecular flexibility index (Phi) is 5.83. The summed E-state index contributed by atoms with van der Waals surface area (Å²) in [5, 5.41) is 4.53. The lowest BCUT2D eigenvalue weighted by Crippen LogP contribution is -3.27. The molecule has 0 bridgehead atoms. The maximum absolute atomic E-state index is 4.53. The van der Waals surface area contributed by atoms with Gasteiger partial charge in [0.2, 0.25) is 0 Å². The lowest BCUT2D eigenvalue weighted by Gasteiger charge is -2.29. The average Bonchev–Trinajstić information content (AvgIpc) is 3.29. The molecule has 3 aromatic rings. The van der Waals surface area contributed by atoms with E-state index in [2.05, 4.69) is 71.3 Å². The van der Waals surface area contributed by atoms with E-state index in [-0.39, 0.29) is 0 Å². The maximum atomic E-state index is 4.53. The summed E-state index contributed by atoms with van der Waals surface area (Å²) in [7, 11) is 0. The molecular formula is C23H34N6+2. The fourth-order valence-corrected chi connectivity index (χ4v) is 4.61. The Hall–Kier alpha value is -2.44. The van der Waals surface area contributed by atoms with Crippen LogP contribution in [0.3, 0.4) is 0 Å². The predicted molar refractivity (Wildman–Crippen MR) is 114 cm³/mol. The summed E-state index contributed by atoms with van der Waals surface area (Å²) in [6.45, 7) is 16.0. The monoisotopic (exact) mass is 394 g/mol. The molecule has 0 radical (unpaired) electrons. The topological polar surface area (TPSA) is 44.5 Å². The Morgan fingerprint density at radius 2 is 1.59 bits per heavy atom. The van der Waals surface area contributed by atoms with Crippen molar-refractivity contribution in [3.8, 4) is 5.82 Å². The molecule has 1 fully saturated rings. The van der Waals surface area contributed by atoms with Gasteiger partial charge in [-0.25, -0.2) is 4.68 Å². The molecule has 1 saturated heterocycles. The summed E-state index contributed by atoms with van der Waals surface area (Å²) in [4.78, 5) is 7.51. The van der Waals surface area contributed by atoms with E-state index in [9.17, 15) is 0 Å². The van der Waals surface area contributed by atoms with Crippen molar-refractivity contribution in [3.63, 3.8) is 0 Å². The number of quaternary nitrogens is 2. The molecule has 1 aliphatic rings. The summed E-state index contributed by atoms with van der Waals surface area (Å²) in [5.41, 5.74) is 5.50. The standard InChI is InChI=1S/C23H32N6/c1-18(2)29-23(7-10-25-29)28-19(3)15-22(20(28)4)17-27-13-11-26(12-14-27)16-21-5-8-24-9-6-21/h5-10,15,18H,11-14,16-17H2,1-4H3/p+2. The van der Waals surface area contributed by atoms with Crippen molar-refractivity contribution in [2.75, 3.05) is 26.2 Å². The lowest BCUT2D eigenvalue weighted by molar-refractivity contribution is -1.02. The summed E-state index contributed by atoms with van der Waals surface area (Å²) in [6, 6.07) is 9.13. The number of hydrogen-bond donors (Lipinski definition) is 2. The highest BCUT2D eigenvalue weighted by molar-refractivity contribution is 5.36. The van der Waals surface area contributed by atoms with Crippen LogP contribution in [0.25, 0.3) is 5.82 Å². The SMILES string of the molecule is Cc1cc(C[NH+]2CC[NH+](Cc3ccncc3)CC2)c(C)n1-c1ccnn1C(C)C. The van der Waals surface area contributed by atoms with E-state index in [0.717, 1.165) is 13.1 Å². The van der Waals surface area contributed by atoms with Crippen LogP contribution in [0.2, 0.25) is 0 Å². The van der Waals surface area contributed by atoms with Crippen LogP contribution in [-0.4, -0.2) is 45.5 Å². The highest BCUT2D eigenvalue weighted by Gasteiger charge is 2.25. The van der Waals surface area contributed by atoms with Gasteiger partial charge >= 0.3 is 0 Å².